The van der Waals surface area contributed by atoms with Crippen molar-refractivity contribution < 1.29 is 4.42 Å². The lowest BCUT2D eigenvalue weighted by molar-refractivity contribution is 0.669. The van der Waals surface area contributed by atoms with E-state index in [4.69, 9.17) is 4.42 Å². The van der Waals surface area contributed by atoms with Crippen LogP contribution in [-0.4, -0.2) is 0 Å². The molecule has 0 atom stereocenters. The molecule has 94 valence electrons. The van der Waals surface area contributed by atoms with Gasteiger partial charge in [-0.25, -0.2) is 0 Å². The van der Waals surface area contributed by atoms with Crippen LogP contribution in [0, 0.1) is 0 Å². The third-order valence-corrected chi connectivity index (χ3v) is 5.01. The Labute approximate surface area is 119 Å². The van der Waals surface area contributed by atoms with Crippen molar-refractivity contribution in [2.24, 2.45) is 0 Å². The third-order valence-electron chi connectivity index (χ3n) is 3.88. The Bertz CT molecular complexity index is 1010. The highest BCUT2D eigenvalue weighted by Gasteiger charge is 2.11. The molecule has 20 heavy (non-hydrogen) atoms. The second kappa shape index (κ2) is 3.62. The molecular formula is C18H10OS. The van der Waals surface area contributed by atoms with Crippen LogP contribution < -0.4 is 0 Å². The third kappa shape index (κ3) is 1.27. The fraction of sp³-hybridized carbons (Fsp3) is 0. The molecule has 0 amide bonds. The van der Waals surface area contributed by atoms with Gasteiger partial charge >= 0.3 is 0 Å². The minimum absolute atomic E-state index is 0.962. The smallest absolute Gasteiger partial charge is 0.136 e. The molecule has 5 rings (SSSR count). The molecule has 2 heteroatoms. The highest BCUT2D eigenvalue weighted by atomic mass is 32.1. The molecule has 1 nitrogen and oxygen atoms in total. The van der Waals surface area contributed by atoms with Crippen LogP contribution in [0.5, 0.6) is 0 Å². The van der Waals surface area contributed by atoms with Crippen molar-refractivity contribution in [3.63, 3.8) is 0 Å². The maximum absolute atomic E-state index is 5.96. The van der Waals surface area contributed by atoms with E-state index in [0.29, 0.717) is 0 Å². The number of para-hydroxylation sites is 1. The predicted molar refractivity (Wildman–Crippen MR) is 86.6 cm³/mol. The van der Waals surface area contributed by atoms with Crippen LogP contribution in [0.1, 0.15) is 0 Å². The zero-order valence-corrected chi connectivity index (χ0v) is 11.4. The summed E-state index contributed by atoms with van der Waals surface area (Å²) in [7, 11) is 0. The van der Waals surface area contributed by atoms with Gasteiger partial charge in [0.25, 0.3) is 0 Å². The molecule has 0 aliphatic rings. The van der Waals surface area contributed by atoms with Gasteiger partial charge < -0.3 is 4.42 Å². The van der Waals surface area contributed by atoms with Crippen molar-refractivity contribution in [1.82, 2.24) is 0 Å². The normalized spacial score (nSPS) is 12.0. The highest BCUT2D eigenvalue weighted by molar-refractivity contribution is 7.25. The van der Waals surface area contributed by atoms with Gasteiger partial charge in [0.05, 0.1) is 0 Å². The van der Waals surface area contributed by atoms with Crippen LogP contribution in [-0.2, 0) is 0 Å². The quantitative estimate of drug-likeness (QED) is 0.340. The summed E-state index contributed by atoms with van der Waals surface area (Å²) < 4.78 is 8.59. The van der Waals surface area contributed by atoms with Crippen LogP contribution in [0.25, 0.3) is 42.1 Å². The van der Waals surface area contributed by atoms with Gasteiger partial charge in [-0.15, -0.1) is 11.3 Å². The summed E-state index contributed by atoms with van der Waals surface area (Å²) in [6.07, 6.45) is 0. The average Bonchev–Trinajstić information content (AvgIpc) is 3.02. The van der Waals surface area contributed by atoms with E-state index in [-0.39, 0.29) is 0 Å². The van der Waals surface area contributed by atoms with Gasteiger partial charge in [-0.2, -0.15) is 0 Å². The molecule has 2 aromatic heterocycles. The van der Waals surface area contributed by atoms with Crippen LogP contribution in [0.4, 0.5) is 0 Å². The van der Waals surface area contributed by atoms with Gasteiger partial charge in [-0.05, 0) is 24.3 Å². The molecular weight excluding hydrogens is 264 g/mol. The first-order valence-corrected chi connectivity index (χ1v) is 7.44. The molecule has 0 saturated carbocycles. The zero-order chi connectivity index (χ0) is 13.1. The second-order valence-electron chi connectivity index (χ2n) is 5.04. The van der Waals surface area contributed by atoms with E-state index in [9.17, 15) is 0 Å². The first-order valence-electron chi connectivity index (χ1n) is 6.63. The van der Waals surface area contributed by atoms with Gasteiger partial charge in [-0.1, -0.05) is 36.4 Å². The van der Waals surface area contributed by atoms with Crippen molar-refractivity contribution >= 4 is 53.4 Å². The zero-order valence-electron chi connectivity index (χ0n) is 10.6. The number of thiophene rings is 1. The Morgan fingerprint density at radius 1 is 0.600 bits per heavy atom. The van der Waals surface area contributed by atoms with Crippen LogP contribution in [0.3, 0.4) is 0 Å². The van der Waals surface area contributed by atoms with Gasteiger partial charge in [0, 0.05) is 30.9 Å². The summed E-state index contributed by atoms with van der Waals surface area (Å²) in [5.74, 6) is 0. The Hall–Kier alpha value is -2.32. The van der Waals surface area contributed by atoms with Crippen LogP contribution >= 0.6 is 11.3 Å². The molecule has 0 spiro atoms. The van der Waals surface area contributed by atoms with Crippen LogP contribution in [0.15, 0.2) is 65.1 Å². The minimum Gasteiger partial charge on any atom is -0.456 e. The topological polar surface area (TPSA) is 13.1 Å². The molecule has 0 bridgehead atoms. The molecule has 0 aliphatic carbocycles. The lowest BCUT2D eigenvalue weighted by Gasteiger charge is -1.92. The van der Waals surface area contributed by atoms with Crippen LogP contribution in [0.2, 0.25) is 0 Å². The van der Waals surface area contributed by atoms with Crippen molar-refractivity contribution in [2.75, 3.05) is 0 Å². The summed E-state index contributed by atoms with van der Waals surface area (Å²) in [4.78, 5) is 0. The number of benzene rings is 3. The van der Waals surface area contributed by atoms with Crippen molar-refractivity contribution in [3.05, 3.63) is 60.7 Å². The Morgan fingerprint density at radius 2 is 1.40 bits per heavy atom. The van der Waals surface area contributed by atoms with E-state index in [1.54, 1.807) is 0 Å². The standard InChI is InChI=1S/C18H10OS/c1-3-7-15-11(5-1)13-9-14-12-6-2-4-8-17(12)20-18(14)10-16(13)19-15/h1-10H. The van der Waals surface area contributed by atoms with Gasteiger partial charge in [-0.3, -0.25) is 0 Å². The first-order chi connectivity index (χ1) is 9.90. The van der Waals surface area contributed by atoms with Crippen molar-refractivity contribution in [1.29, 1.82) is 0 Å². The fourth-order valence-corrected chi connectivity index (χ4v) is 4.06. The van der Waals surface area contributed by atoms with E-state index in [0.717, 1.165) is 11.2 Å². The molecule has 0 N–H and O–H groups in total. The van der Waals surface area contributed by atoms with Gasteiger partial charge in [0.15, 0.2) is 0 Å². The molecule has 0 aliphatic heterocycles. The SMILES string of the molecule is c1ccc2c(c1)oc1cc3sc4ccccc4c3cc12. The number of furan rings is 1. The number of hydrogen-bond donors (Lipinski definition) is 0. The van der Waals surface area contributed by atoms with E-state index < -0.39 is 0 Å². The lowest BCUT2D eigenvalue weighted by Crippen LogP contribution is -1.68. The first kappa shape index (κ1) is 10.5. The van der Waals surface area contributed by atoms with Crippen molar-refractivity contribution in [3.8, 4) is 0 Å². The summed E-state index contributed by atoms with van der Waals surface area (Å²) in [6, 6.07) is 21.3. The number of fused-ring (bicyclic) bond motifs is 6. The fourth-order valence-electron chi connectivity index (χ4n) is 2.94. The predicted octanol–water partition coefficient (Wildman–Crippen LogP) is 5.95. The average molecular weight is 274 g/mol. The Morgan fingerprint density at radius 3 is 2.35 bits per heavy atom. The molecule has 2 heterocycles. The van der Waals surface area contributed by atoms with Gasteiger partial charge in [0.2, 0.25) is 0 Å². The van der Waals surface area contributed by atoms with E-state index >= 15 is 0 Å². The van der Waals surface area contributed by atoms with Crippen molar-refractivity contribution in [2.45, 2.75) is 0 Å². The summed E-state index contributed by atoms with van der Waals surface area (Å²) >= 11 is 1.83. The number of hydrogen-bond acceptors (Lipinski definition) is 2. The maximum atomic E-state index is 5.96. The molecule has 3 aromatic carbocycles. The molecule has 0 unspecified atom stereocenters. The second-order valence-corrected chi connectivity index (χ2v) is 6.12. The monoisotopic (exact) mass is 274 g/mol. The largest absolute Gasteiger partial charge is 0.456 e. The molecule has 0 radical (unpaired) electrons. The summed E-state index contributed by atoms with van der Waals surface area (Å²) in [6.45, 7) is 0. The molecule has 0 saturated heterocycles. The summed E-state index contributed by atoms with van der Waals surface area (Å²) in [5, 5.41) is 5.06. The number of rotatable bonds is 0. The molecule has 0 fully saturated rings. The minimum atomic E-state index is 0.962. The summed E-state index contributed by atoms with van der Waals surface area (Å²) in [5.41, 5.74) is 1.94. The highest BCUT2D eigenvalue weighted by Crippen LogP contribution is 2.39. The lowest BCUT2D eigenvalue weighted by atomic mass is 10.1. The Balaban J connectivity index is 2.06. The molecule has 5 aromatic rings. The van der Waals surface area contributed by atoms with E-state index in [2.05, 4.69) is 48.5 Å². The van der Waals surface area contributed by atoms with Gasteiger partial charge in [0.1, 0.15) is 11.2 Å². The van der Waals surface area contributed by atoms with E-state index in [1.807, 2.05) is 23.5 Å². The van der Waals surface area contributed by atoms with E-state index in [1.165, 1.54) is 30.9 Å². The Kier molecular flexibility index (Phi) is 1.89. The maximum Gasteiger partial charge on any atom is 0.136 e.